The molecule has 5 nitrogen and oxygen atoms in total. The molecular formula is C12H9F3N2O3. The summed E-state index contributed by atoms with van der Waals surface area (Å²) in [6.45, 7) is -0.275. The number of benzene rings is 1. The van der Waals surface area contributed by atoms with Gasteiger partial charge in [0.2, 0.25) is 5.89 Å². The Balaban J connectivity index is 2.61. The Morgan fingerprint density at radius 3 is 2.50 bits per heavy atom. The van der Waals surface area contributed by atoms with Crippen molar-refractivity contribution < 1.29 is 27.5 Å². The first-order valence-electron chi connectivity index (χ1n) is 5.44. The van der Waals surface area contributed by atoms with Crippen molar-refractivity contribution >= 4 is 5.97 Å². The third-order valence-electron chi connectivity index (χ3n) is 2.55. The zero-order chi connectivity index (χ0) is 14.9. The van der Waals surface area contributed by atoms with Gasteiger partial charge in [0.15, 0.2) is 11.5 Å². The topological polar surface area (TPSA) is 89.4 Å². The smallest absolute Gasteiger partial charge is 0.417 e. The Kier molecular flexibility index (Phi) is 3.49. The van der Waals surface area contributed by atoms with E-state index in [9.17, 15) is 18.0 Å². The number of hydrogen-bond donors (Lipinski definition) is 2. The maximum Gasteiger partial charge on any atom is 0.417 e. The molecule has 0 aliphatic carbocycles. The van der Waals surface area contributed by atoms with E-state index < -0.39 is 29.3 Å². The SMILES string of the molecule is NCc1oc(-c2ccccc2C(F)(F)F)nc1C(=O)O. The van der Waals surface area contributed by atoms with Crippen molar-refractivity contribution in [2.75, 3.05) is 0 Å². The van der Waals surface area contributed by atoms with Gasteiger partial charge in [-0.1, -0.05) is 12.1 Å². The van der Waals surface area contributed by atoms with E-state index in [1.54, 1.807) is 0 Å². The maximum absolute atomic E-state index is 12.9. The molecule has 1 aromatic heterocycles. The van der Waals surface area contributed by atoms with E-state index in [2.05, 4.69) is 4.98 Å². The van der Waals surface area contributed by atoms with Crippen molar-refractivity contribution in [3.8, 4) is 11.5 Å². The van der Waals surface area contributed by atoms with Crippen LogP contribution < -0.4 is 5.73 Å². The lowest BCUT2D eigenvalue weighted by Gasteiger charge is -2.09. The minimum atomic E-state index is -4.60. The number of alkyl halides is 3. The Hall–Kier alpha value is -2.35. The minimum Gasteiger partial charge on any atom is -0.476 e. The molecule has 0 aliphatic rings. The van der Waals surface area contributed by atoms with Crippen LogP contribution >= 0.6 is 0 Å². The number of aromatic nitrogens is 1. The molecule has 0 spiro atoms. The first kappa shape index (κ1) is 14.1. The molecule has 0 saturated carbocycles. The summed E-state index contributed by atoms with van der Waals surface area (Å²) < 4.78 is 43.6. The molecule has 0 aliphatic heterocycles. The molecule has 0 radical (unpaired) electrons. The quantitative estimate of drug-likeness (QED) is 0.904. The molecule has 106 valence electrons. The zero-order valence-electron chi connectivity index (χ0n) is 9.94. The molecule has 0 saturated heterocycles. The van der Waals surface area contributed by atoms with Crippen LogP contribution in [-0.2, 0) is 12.7 Å². The van der Waals surface area contributed by atoms with E-state index in [0.29, 0.717) is 0 Å². The van der Waals surface area contributed by atoms with Crippen LogP contribution in [0.2, 0.25) is 0 Å². The first-order chi connectivity index (χ1) is 9.34. The second-order valence-corrected chi connectivity index (χ2v) is 3.84. The summed E-state index contributed by atoms with van der Waals surface area (Å²) in [5.41, 5.74) is 3.51. The molecule has 0 bridgehead atoms. The van der Waals surface area contributed by atoms with Crippen molar-refractivity contribution in [3.05, 3.63) is 41.3 Å². The highest BCUT2D eigenvalue weighted by atomic mass is 19.4. The van der Waals surface area contributed by atoms with Crippen molar-refractivity contribution in [1.29, 1.82) is 0 Å². The number of carbonyl (C=O) groups is 1. The van der Waals surface area contributed by atoms with Crippen LogP contribution in [0.15, 0.2) is 28.7 Å². The molecule has 20 heavy (non-hydrogen) atoms. The van der Waals surface area contributed by atoms with E-state index in [4.69, 9.17) is 15.3 Å². The van der Waals surface area contributed by atoms with Crippen LogP contribution in [0.1, 0.15) is 21.8 Å². The Labute approximate surface area is 110 Å². The molecule has 1 heterocycles. The average molecular weight is 286 g/mol. The van der Waals surface area contributed by atoms with Gasteiger partial charge < -0.3 is 15.3 Å². The number of nitrogens with two attached hydrogens (primary N) is 1. The third-order valence-corrected chi connectivity index (χ3v) is 2.55. The number of carboxylic acid groups (broad SMARTS) is 1. The van der Waals surface area contributed by atoms with Gasteiger partial charge in [-0.05, 0) is 12.1 Å². The minimum absolute atomic E-state index is 0.176. The second-order valence-electron chi connectivity index (χ2n) is 3.84. The van der Waals surface area contributed by atoms with Gasteiger partial charge >= 0.3 is 12.1 Å². The Morgan fingerprint density at radius 1 is 1.35 bits per heavy atom. The molecular weight excluding hydrogens is 277 g/mol. The second kappa shape index (κ2) is 4.97. The summed E-state index contributed by atoms with van der Waals surface area (Å²) in [5.74, 6) is -2.01. The van der Waals surface area contributed by atoms with E-state index in [1.807, 2.05) is 0 Å². The molecule has 3 N–H and O–H groups in total. The molecule has 8 heteroatoms. The van der Waals surface area contributed by atoms with Gasteiger partial charge in [0, 0.05) is 5.56 Å². The summed E-state index contributed by atoms with van der Waals surface area (Å²) in [4.78, 5) is 14.5. The van der Waals surface area contributed by atoms with Gasteiger partial charge in [-0.15, -0.1) is 0 Å². The van der Waals surface area contributed by atoms with Crippen molar-refractivity contribution in [2.24, 2.45) is 5.73 Å². The van der Waals surface area contributed by atoms with Gasteiger partial charge in [-0.2, -0.15) is 13.2 Å². The zero-order valence-corrected chi connectivity index (χ0v) is 9.94. The lowest BCUT2D eigenvalue weighted by molar-refractivity contribution is -0.137. The lowest BCUT2D eigenvalue weighted by atomic mass is 10.1. The number of aromatic carboxylic acids is 1. The summed E-state index contributed by atoms with van der Waals surface area (Å²) in [7, 11) is 0. The molecule has 0 fully saturated rings. The number of halogens is 3. The highest BCUT2D eigenvalue weighted by molar-refractivity contribution is 5.87. The standard InChI is InChI=1S/C12H9F3N2O3/c13-12(14,15)7-4-2-1-3-6(7)10-17-9(11(18)19)8(5-16)20-10/h1-4H,5,16H2,(H,18,19). The van der Waals surface area contributed by atoms with Crippen molar-refractivity contribution in [2.45, 2.75) is 12.7 Å². The fourth-order valence-corrected chi connectivity index (χ4v) is 1.69. The summed E-state index contributed by atoms with van der Waals surface area (Å²) >= 11 is 0. The lowest BCUT2D eigenvalue weighted by Crippen LogP contribution is -2.07. The molecule has 2 aromatic rings. The molecule has 0 atom stereocenters. The van der Waals surface area contributed by atoms with E-state index in [-0.39, 0.29) is 17.9 Å². The molecule has 0 amide bonds. The summed E-state index contributed by atoms with van der Waals surface area (Å²) in [6.07, 6.45) is -4.60. The number of carboxylic acids is 1. The largest absolute Gasteiger partial charge is 0.476 e. The van der Waals surface area contributed by atoms with Crippen molar-refractivity contribution in [1.82, 2.24) is 4.98 Å². The molecule has 0 unspecified atom stereocenters. The van der Waals surface area contributed by atoms with Gasteiger partial charge in [0.1, 0.15) is 0 Å². The highest BCUT2D eigenvalue weighted by Crippen LogP contribution is 2.37. The summed E-state index contributed by atoms with van der Waals surface area (Å²) in [5, 5.41) is 8.89. The van der Waals surface area contributed by atoms with Crippen LogP contribution in [0.5, 0.6) is 0 Å². The van der Waals surface area contributed by atoms with E-state index in [0.717, 1.165) is 12.1 Å². The summed E-state index contributed by atoms with van der Waals surface area (Å²) in [6, 6.07) is 4.61. The van der Waals surface area contributed by atoms with Gasteiger partial charge in [0.05, 0.1) is 12.1 Å². The monoisotopic (exact) mass is 286 g/mol. The predicted molar refractivity (Wildman–Crippen MR) is 61.8 cm³/mol. The fraction of sp³-hybridized carbons (Fsp3) is 0.167. The maximum atomic E-state index is 12.9. The van der Waals surface area contributed by atoms with Gasteiger partial charge in [-0.25, -0.2) is 9.78 Å². The van der Waals surface area contributed by atoms with Crippen LogP contribution in [0, 0.1) is 0 Å². The Bertz CT molecular complexity index is 650. The fourth-order valence-electron chi connectivity index (χ4n) is 1.69. The van der Waals surface area contributed by atoms with Crippen LogP contribution in [-0.4, -0.2) is 16.1 Å². The molecule has 2 rings (SSSR count). The number of hydrogen-bond acceptors (Lipinski definition) is 4. The number of nitrogens with zero attached hydrogens (tertiary/aromatic N) is 1. The van der Waals surface area contributed by atoms with E-state index in [1.165, 1.54) is 12.1 Å². The van der Waals surface area contributed by atoms with Crippen LogP contribution in [0.3, 0.4) is 0 Å². The average Bonchev–Trinajstić information content (AvgIpc) is 2.82. The van der Waals surface area contributed by atoms with Crippen LogP contribution in [0.25, 0.3) is 11.5 Å². The number of rotatable bonds is 3. The first-order valence-corrected chi connectivity index (χ1v) is 5.44. The van der Waals surface area contributed by atoms with Crippen molar-refractivity contribution in [3.63, 3.8) is 0 Å². The predicted octanol–water partition coefficient (Wildman–Crippen LogP) is 2.52. The highest BCUT2D eigenvalue weighted by Gasteiger charge is 2.35. The van der Waals surface area contributed by atoms with Gasteiger partial charge in [-0.3, -0.25) is 0 Å². The third kappa shape index (κ3) is 2.50. The van der Waals surface area contributed by atoms with Gasteiger partial charge in [0.25, 0.3) is 0 Å². The van der Waals surface area contributed by atoms with E-state index >= 15 is 0 Å². The normalized spacial score (nSPS) is 11.6. The molecule has 1 aromatic carbocycles. The Morgan fingerprint density at radius 2 is 2.00 bits per heavy atom. The number of oxazole rings is 1. The van der Waals surface area contributed by atoms with Crippen LogP contribution in [0.4, 0.5) is 13.2 Å².